The van der Waals surface area contributed by atoms with E-state index >= 15 is 0 Å². The van der Waals surface area contributed by atoms with Crippen molar-refractivity contribution in [1.82, 2.24) is 0 Å². The molecule has 3 nitrogen and oxygen atoms in total. The Bertz CT molecular complexity index is 333. The molecule has 2 N–H and O–H groups in total. The number of benzene rings is 1. The second kappa shape index (κ2) is 5.52. The lowest BCUT2D eigenvalue weighted by Crippen LogP contribution is -2.45. The van der Waals surface area contributed by atoms with Crippen LogP contribution in [0.2, 0.25) is 0 Å². The van der Waals surface area contributed by atoms with Crippen molar-refractivity contribution in [2.75, 3.05) is 38.3 Å². The van der Waals surface area contributed by atoms with Crippen molar-refractivity contribution >= 4 is 5.69 Å². The average molecular weight is 234 g/mol. The maximum Gasteiger partial charge on any atom is 0.0472 e. The van der Waals surface area contributed by atoms with Gasteiger partial charge < -0.3 is 15.4 Å². The van der Waals surface area contributed by atoms with Crippen molar-refractivity contribution in [2.24, 2.45) is 11.1 Å². The van der Waals surface area contributed by atoms with E-state index in [1.165, 1.54) is 5.69 Å². The third-order valence-electron chi connectivity index (χ3n) is 3.76. The first kappa shape index (κ1) is 12.4. The third kappa shape index (κ3) is 2.99. The van der Waals surface area contributed by atoms with Gasteiger partial charge in [0.25, 0.3) is 0 Å². The Kier molecular flexibility index (Phi) is 4.02. The van der Waals surface area contributed by atoms with Gasteiger partial charge in [-0.05, 0) is 31.5 Å². The zero-order valence-electron chi connectivity index (χ0n) is 10.6. The van der Waals surface area contributed by atoms with Crippen LogP contribution in [0.5, 0.6) is 0 Å². The maximum absolute atomic E-state index is 5.98. The van der Waals surface area contributed by atoms with E-state index in [2.05, 4.69) is 36.2 Å². The minimum Gasteiger partial charge on any atom is -0.381 e. The molecule has 1 saturated heterocycles. The van der Waals surface area contributed by atoms with Gasteiger partial charge in [0.2, 0.25) is 0 Å². The number of hydrogen-bond donors (Lipinski definition) is 1. The van der Waals surface area contributed by atoms with Gasteiger partial charge in [0, 0.05) is 37.9 Å². The van der Waals surface area contributed by atoms with Crippen LogP contribution in [0.25, 0.3) is 0 Å². The zero-order valence-corrected chi connectivity index (χ0v) is 10.6. The van der Waals surface area contributed by atoms with Gasteiger partial charge in [-0.3, -0.25) is 0 Å². The first-order valence-electron chi connectivity index (χ1n) is 6.30. The van der Waals surface area contributed by atoms with Gasteiger partial charge in [-0.25, -0.2) is 0 Å². The first-order chi connectivity index (χ1) is 8.26. The van der Waals surface area contributed by atoms with E-state index < -0.39 is 0 Å². The summed E-state index contributed by atoms with van der Waals surface area (Å²) in [5.41, 5.74) is 7.46. The highest BCUT2D eigenvalue weighted by Crippen LogP contribution is 2.31. The number of anilines is 1. The van der Waals surface area contributed by atoms with E-state index in [9.17, 15) is 0 Å². The molecule has 0 aromatic heterocycles. The topological polar surface area (TPSA) is 38.5 Å². The Balaban J connectivity index is 2.03. The van der Waals surface area contributed by atoms with Gasteiger partial charge >= 0.3 is 0 Å². The Hall–Kier alpha value is -1.06. The smallest absolute Gasteiger partial charge is 0.0472 e. The standard InChI is InChI=1S/C14H22N2O/c1-16(13-5-3-2-4-6-13)12-14(11-15)7-9-17-10-8-14/h2-6H,7-12,15H2,1H3. The summed E-state index contributed by atoms with van der Waals surface area (Å²) in [7, 11) is 2.14. The molecule has 1 fully saturated rings. The predicted octanol–water partition coefficient (Wildman–Crippen LogP) is 1.88. The van der Waals surface area contributed by atoms with Crippen LogP contribution in [0.15, 0.2) is 30.3 Å². The van der Waals surface area contributed by atoms with Crippen molar-refractivity contribution in [2.45, 2.75) is 12.8 Å². The first-order valence-corrected chi connectivity index (χ1v) is 6.30. The van der Waals surface area contributed by atoms with Gasteiger partial charge in [0.1, 0.15) is 0 Å². The van der Waals surface area contributed by atoms with Gasteiger partial charge in [-0.2, -0.15) is 0 Å². The quantitative estimate of drug-likeness (QED) is 0.864. The van der Waals surface area contributed by atoms with Crippen LogP contribution in [-0.2, 0) is 4.74 Å². The summed E-state index contributed by atoms with van der Waals surface area (Å²) in [6, 6.07) is 10.5. The number of hydrogen-bond acceptors (Lipinski definition) is 3. The summed E-state index contributed by atoms with van der Waals surface area (Å²) < 4.78 is 5.44. The van der Waals surface area contributed by atoms with E-state index in [0.29, 0.717) is 0 Å². The van der Waals surface area contributed by atoms with Crippen molar-refractivity contribution in [1.29, 1.82) is 0 Å². The summed E-state index contributed by atoms with van der Waals surface area (Å²) in [6.45, 7) is 3.45. The Labute approximate surface area is 104 Å². The second-order valence-corrected chi connectivity index (χ2v) is 5.01. The minimum atomic E-state index is 0.225. The summed E-state index contributed by atoms with van der Waals surface area (Å²) >= 11 is 0. The molecular weight excluding hydrogens is 212 g/mol. The van der Waals surface area contributed by atoms with Gasteiger partial charge in [-0.15, -0.1) is 0 Å². The molecule has 0 spiro atoms. The molecule has 94 valence electrons. The number of rotatable bonds is 4. The van der Waals surface area contributed by atoms with E-state index in [4.69, 9.17) is 10.5 Å². The molecule has 1 aliphatic rings. The van der Waals surface area contributed by atoms with Crippen molar-refractivity contribution in [3.05, 3.63) is 30.3 Å². The summed E-state index contributed by atoms with van der Waals surface area (Å²) in [4.78, 5) is 2.30. The average Bonchev–Trinajstić information content (AvgIpc) is 2.41. The fraction of sp³-hybridized carbons (Fsp3) is 0.571. The highest BCUT2D eigenvalue weighted by Gasteiger charge is 2.32. The van der Waals surface area contributed by atoms with Crippen LogP contribution in [0.4, 0.5) is 5.69 Å². The van der Waals surface area contributed by atoms with Crippen LogP contribution < -0.4 is 10.6 Å². The van der Waals surface area contributed by atoms with E-state index in [1.807, 2.05) is 6.07 Å². The Morgan fingerprint density at radius 2 is 1.88 bits per heavy atom. The predicted molar refractivity (Wildman–Crippen MR) is 71.3 cm³/mol. The molecule has 0 bridgehead atoms. The van der Waals surface area contributed by atoms with E-state index in [0.717, 1.165) is 39.1 Å². The lowest BCUT2D eigenvalue weighted by Gasteiger charge is -2.39. The van der Waals surface area contributed by atoms with Crippen LogP contribution in [-0.4, -0.2) is 33.4 Å². The highest BCUT2D eigenvalue weighted by molar-refractivity contribution is 5.45. The molecule has 0 unspecified atom stereocenters. The van der Waals surface area contributed by atoms with Crippen molar-refractivity contribution in [3.8, 4) is 0 Å². The highest BCUT2D eigenvalue weighted by atomic mass is 16.5. The van der Waals surface area contributed by atoms with Crippen LogP contribution in [0, 0.1) is 5.41 Å². The normalized spacial score (nSPS) is 18.9. The molecule has 1 heterocycles. The maximum atomic E-state index is 5.98. The van der Waals surface area contributed by atoms with E-state index in [-0.39, 0.29) is 5.41 Å². The Morgan fingerprint density at radius 3 is 2.47 bits per heavy atom. The number of ether oxygens (including phenoxy) is 1. The van der Waals surface area contributed by atoms with Crippen LogP contribution in [0.1, 0.15) is 12.8 Å². The zero-order chi connectivity index (χ0) is 12.1. The molecule has 0 saturated carbocycles. The van der Waals surface area contributed by atoms with Gasteiger partial charge in [-0.1, -0.05) is 18.2 Å². The monoisotopic (exact) mass is 234 g/mol. The number of para-hydroxylation sites is 1. The van der Waals surface area contributed by atoms with Crippen molar-refractivity contribution in [3.63, 3.8) is 0 Å². The number of nitrogens with two attached hydrogens (primary N) is 1. The number of nitrogens with zero attached hydrogens (tertiary/aromatic N) is 1. The molecule has 0 radical (unpaired) electrons. The summed E-state index contributed by atoms with van der Waals surface area (Å²) in [6.07, 6.45) is 2.14. The second-order valence-electron chi connectivity index (χ2n) is 5.01. The van der Waals surface area contributed by atoms with Gasteiger partial charge in [0.05, 0.1) is 0 Å². The molecule has 17 heavy (non-hydrogen) atoms. The summed E-state index contributed by atoms with van der Waals surface area (Å²) in [5.74, 6) is 0. The minimum absolute atomic E-state index is 0.225. The lowest BCUT2D eigenvalue weighted by atomic mass is 9.80. The molecular formula is C14H22N2O. The fourth-order valence-corrected chi connectivity index (χ4v) is 2.51. The molecule has 0 atom stereocenters. The lowest BCUT2D eigenvalue weighted by molar-refractivity contribution is 0.0229. The van der Waals surface area contributed by atoms with Gasteiger partial charge in [0.15, 0.2) is 0 Å². The SMILES string of the molecule is CN(CC1(CN)CCOCC1)c1ccccc1. The molecule has 2 rings (SSSR count). The van der Waals surface area contributed by atoms with Crippen LogP contribution in [0.3, 0.4) is 0 Å². The third-order valence-corrected chi connectivity index (χ3v) is 3.76. The van der Waals surface area contributed by atoms with Crippen molar-refractivity contribution < 1.29 is 4.74 Å². The molecule has 0 aliphatic carbocycles. The Morgan fingerprint density at radius 1 is 1.24 bits per heavy atom. The van der Waals surface area contributed by atoms with E-state index in [1.54, 1.807) is 0 Å². The van der Waals surface area contributed by atoms with Crippen LogP contribution >= 0.6 is 0 Å². The largest absolute Gasteiger partial charge is 0.381 e. The summed E-state index contributed by atoms with van der Waals surface area (Å²) in [5, 5.41) is 0. The molecule has 1 aromatic carbocycles. The molecule has 3 heteroatoms. The molecule has 0 amide bonds. The molecule has 1 aliphatic heterocycles. The fourth-order valence-electron chi connectivity index (χ4n) is 2.51. The molecule has 1 aromatic rings.